The molecule has 0 heterocycles. The van der Waals surface area contributed by atoms with E-state index in [9.17, 15) is 9.59 Å². The zero-order valence-corrected chi connectivity index (χ0v) is 33.2. The van der Waals surface area contributed by atoms with Gasteiger partial charge in [0, 0.05) is 44.6 Å². The number of benzene rings is 8. The van der Waals surface area contributed by atoms with Crippen molar-refractivity contribution in [2.45, 2.75) is 0 Å². The normalized spacial score (nSPS) is 14.0. The standard InChI is InChI=1S/C58H38O3/c59-57-53(41-23-11-3-12-24-41)49(39-19-7-1-8-20-39)51(55(57)43-27-15-5-16-28-43)45-31-35-47(36-32-45)61-48-37-33-46(34-38-48)52-50(40-21-9-2-10-22-40)54(42-25-13-4-14-26-42)58(60)56(52)44-29-17-6-18-30-44/h1-38H. The smallest absolute Gasteiger partial charge is 0.195 e. The zero-order chi connectivity index (χ0) is 41.1. The highest BCUT2D eigenvalue weighted by Gasteiger charge is 2.37. The summed E-state index contributed by atoms with van der Waals surface area (Å²) in [5, 5.41) is 0. The van der Waals surface area contributed by atoms with E-state index in [4.69, 9.17) is 4.74 Å². The number of ketones is 2. The van der Waals surface area contributed by atoms with Crippen LogP contribution in [0.5, 0.6) is 11.5 Å². The molecule has 0 bridgehead atoms. The van der Waals surface area contributed by atoms with Crippen molar-refractivity contribution in [3.05, 3.63) is 275 Å². The van der Waals surface area contributed by atoms with Crippen LogP contribution in [0.1, 0.15) is 44.5 Å². The van der Waals surface area contributed by atoms with Gasteiger partial charge in [-0.2, -0.15) is 0 Å². The van der Waals surface area contributed by atoms with E-state index < -0.39 is 0 Å². The van der Waals surface area contributed by atoms with E-state index in [1.54, 1.807) is 0 Å². The van der Waals surface area contributed by atoms with Crippen molar-refractivity contribution in [3.63, 3.8) is 0 Å². The lowest BCUT2D eigenvalue weighted by Crippen LogP contribution is -2.01. The predicted octanol–water partition coefficient (Wildman–Crippen LogP) is 13.7. The minimum Gasteiger partial charge on any atom is -0.457 e. The maximum atomic E-state index is 14.6. The molecule has 3 heteroatoms. The van der Waals surface area contributed by atoms with Crippen LogP contribution in [0.25, 0.3) is 44.6 Å². The molecule has 8 aromatic rings. The molecule has 0 fully saturated rings. The fraction of sp³-hybridized carbons (Fsp3) is 0. The van der Waals surface area contributed by atoms with Crippen molar-refractivity contribution in [3.8, 4) is 11.5 Å². The Balaban J connectivity index is 1.03. The van der Waals surface area contributed by atoms with Gasteiger partial charge in [-0.3, -0.25) is 9.59 Å². The Kier molecular flexibility index (Phi) is 9.90. The van der Waals surface area contributed by atoms with Crippen LogP contribution in [-0.4, -0.2) is 11.6 Å². The molecule has 0 saturated carbocycles. The van der Waals surface area contributed by atoms with E-state index in [0.717, 1.165) is 66.8 Å². The van der Waals surface area contributed by atoms with Crippen LogP contribution in [-0.2, 0) is 9.59 Å². The van der Waals surface area contributed by atoms with Crippen molar-refractivity contribution in [2.24, 2.45) is 0 Å². The van der Waals surface area contributed by atoms with Gasteiger partial charge in [0.25, 0.3) is 0 Å². The molecule has 0 amide bonds. The molecule has 2 aliphatic rings. The summed E-state index contributed by atoms with van der Waals surface area (Å²) in [5.74, 6) is 1.32. The van der Waals surface area contributed by atoms with Crippen molar-refractivity contribution in [2.75, 3.05) is 0 Å². The lowest BCUT2D eigenvalue weighted by atomic mass is 9.89. The van der Waals surface area contributed by atoms with E-state index in [2.05, 4.69) is 24.3 Å². The highest BCUT2D eigenvalue weighted by molar-refractivity contribution is 6.60. The minimum absolute atomic E-state index is 0.00215. The SMILES string of the molecule is O=C1C(c2ccccc2)=C(c2ccccc2)C(c2ccc(Oc3ccc(C4=C(c5ccccc5)C(=O)C(c5ccccc5)=C4c4ccccc4)cc3)cc2)=C1c1ccccc1. The van der Waals surface area contributed by atoms with Crippen molar-refractivity contribution in [1.29, 1.82) is 0 Å². The van der Waals surface area contributed by atoms with Gasteiger partial charge in [0.2, 0.25) is 0 Å². The van der Waals surface area contributed by atoms with Crippen LogP contribution in [0.3, 0.4) is 0 Å². The van der Waals surface area contributed by atoms with Gasteiger partial charge < -0.3 is 4.74 Å². The second-order valence-electron chi connectivity index (χ2n) is 15.0. The highest BCUT2D eigenvalue weighted by Crippen LogP contribution is 2.51. The number of hydrogen-bond acceptors (Lipinski definition) is 3. The topological polar surface area (TPSA) is 43.4 Å². The largest absolute Gasteiger partial charge is 0.457 e. The Morgan fingerprint density at radius 2 is 0.377 bits per heavy atom. The van der Waals surface area contributed by atoms with E-state index in [1.165, 1.54) is 0 Å². The predicted molar refractivity (Wildman–Crippen MR) is 249 cm³/mol. The number of hydrogen-bond donors (Lipinski definition) is 0. The molecule has 0 saturated heterocycles. The van der Waals surface area contributed by atoms with E-state index in [-0.39, 0.29) is 11.6 Å². The summed E-state index contributed by atoms with van der Waals surface area (Å²) in [6.07, 6.45) is 0. The number of carbonyl (C=O) groups excluding carboxylic acids is 2. The summed E-state index contributed by atoms with van der Waals surface area (Å²) in [6, 6.07) is 76.1. The molecule has 2 aliphatic carbocycles. The molecule has 288 valence electrons. The third-order valence-electron chi connectivity index (χ3n) is 11.3. The summed E-state index contributed by atoms with van der Waals surface area (Å²) in [7, 11) is 0. The van der Waals surface area contributed by atoms with Crippen molar-refractivity contribution >= 4 is 56.2 Å². The average molecular weight is 783 g/mol. The van der Waals surface area contributed by atoms with Crippen LogP contribution in [0.4, 0.5) is 0 Å². The van der Waals surface area contributed by atoms with Gasteiger partial charge in [-0.1, -0.05) is 206 Å². The van der Waals surface area contributed by atoms with Gasteiger partial charge in [-0.05, 0) is 68.8 Å². The van der Waals surface area contributed by atoms with Gasteiger partial charge in [-0.15, -0.1) is 0 Å². The third-order valence-corrected chi connectivity index (χ3v) is 11.3. The molecule has 0 unspecified atom stereocenters. The first kappa shape index (κ1) is 37.2. The molecule has 0 aliphatic heterocycles. The first-order valence-corrected chi connectivity index (χ1v) is 20.4. The molecular weight excluding hydrogens is 745 g/mol. The second-order valence-corrected chi connectivity index (χ2v) is 15.0. The number of rotatable bonds is 10. The molecule has 0 aromatic heterocycles. The first-order chi connectivity index (χ1) is 30.1. The highest BCUT2D eigenvalue weighted by atomic mass is 16.5. The fourth-order valence-corrected chi connectivity index (χ4v) is 8.60. The maximum absolute atomic E-state index is 14.6. The van der Waals surface area contributed by atoms with Crippen LogP contribution in [0, 0.1) is 0 Å². The van der Waals surface area contributed by atoms with Gasteiger partial charge in [0.15, 0.2) is 11.6 Å². The van der Waals surface area contributed by atoms with Crippen LogP contribution >= 0.6 is 0 Å². The summed E-state index contributed by atoms with van der Waals surface area (Å²) >= 11 is 0. The third kappa shape index (κ3) is 6.98. The maximum Gasteiger partial charge on any atom is 0.195 e. The number of allylic oxidation sites excluding steroid dienone is 8. The van der Waals surface area contributed by atoms with Crippen molar-refractivity contribution < 1.29 is 14.3 Å². The molecule has 0 radical (unpaired) electrons. The van der Waals surface area contributed by atoms with Crippen LogP contribution in [0.2, 0.25) is 0 Å². The van der Waals surface area contributed by atoms with Gasteiger partial charge in [0.05, 0.1) is 0 Å². The summed E-state index contributed by atoms with van der Waals surface area (Å²) in [6.45, 7) is 0. The summed E-state index contributed by atoms with van der Waals surface area (Å²) in [5.41, 5.74) is 13.6. The average Bonchev–Trinajstić information content (AvgIpc) is 3.82. The lowest BCUT2D eigenvalue weighted by molar-refractivity contribution is -0.109. The Bertz CT molecular complexity index is 2820. The number of carbonyl (C=O) groups is 2. The second kappa shape index (κ2) is 16.2. The Labute approximate surface area is 355 Å². The quantitative estimate of drug-likeness (QED) is 0.139. The van der Waals surface area contributed by atoms with Gasteiger partial charge in [0.1, 0.15) is 11.5 Å². The van der Waals surface area contributed by atoms with Gasteiger partial charge >= 0.3 is 0 Å². The molecule has 8 aromatic carbocycles. The zero-order valence-electron chi connectivity index (χ0n) is 33.2. The molecule has 0 N–H and O–H groups in total. The summed E-state index contributed by atoms with van der Waals surface area (Å²) < 4.78 is 6.49. The molecule has 10 rings (SSSR count). The lowest BCUT2D eigenvalue weighted by Gasteiger charge is -2.15. The minimum atomic E-state index is 0.00215. The van der Waals surface area contributed by atoms with E-state index in [0.29, 0.717) is 33.8 Å². The number of Topliss-reactive ketones (excluding diaryl/α,β-unsaturated/α-hetero) is 2. The van der Waals surface area contributed by atoms with Crippen LogP contribution in [0.15, 0.2) is 231 Å². The molecule has 0 atom stereocenters. The van der Waals surface area contributed by atoms with Crippen molar-refractivity contribution in [1.82, 2.24) is 0 Å². The fourth-order valence-electron chi connectivity index (χ4n) is 8.60. The first-order valence-electron chi connectivity index (χ1n) is 20.4. The van der Waals surface area contributed by atoms with Crippen LogP contribution < -0.4 is 4.74 Å². The molecule has 0 spiro atoms. The number of ether oxygens (including phenoxy) is 1. The molecule has 61 heavy (non-hydrogen) atoms. The Hall–Kier alpha value is -8.14. The Morgan fingerprint density at radius 3 is 0.590 bits per heavy atom. The van der Waals surface area contributed by atoms with E-state index in [1.807, 2.05) is 206 Å². The van der Waals surface area contributed by atoms with Gasteiger partial charge in [-0.25, -0.2) is 0 Å². The molecular formula is C58H38O3. The monoisotopic (exact) mass is 782 g/mol. The summed E-state index contributed by atoms with van der Waals surface area (Å²) in [4.78, 5) is 29.3. The van der Waals surface area contributed by atoms with E-state index >= 15 is 0 Å². The Morgan fingerprint density at radius 1 is 0.197 bits per heavy atom. The molecule has 3 nitrogen and oxygen atoms in total.